The van der Waals surface area contributed by atoms with Crippen LogP contribution in [-0.2, 0) is 5.41 Å². The first kappa shape index (κ1) is 25.7. The molecule has 0 saturated heterocycles. The highest BCUT2D eigenvalue weighted by Gasteiger charge is 2.50. The Kier molecular flexibility index (Phi) is 5.40. The molecule has 1 aliphatic heterocycles. The van der Waals surface area contributed by atoms with Gasteiger partial charge in [-0.1, -0.05) is 109 Å². The maximum Gasteiger partial charge on any atom is 0.132 e. The van der Waals surface area contributed by atoms with E-state index in [0.717, 1.165) is 28.4 Å². The summed E-state index contributed by atoms with van der Waals surface area (Å²) in [6.45, 7) is 0. The minimum Gasteiger partial charge on any atom is -0.457 e. The SMILES string of the molecule is c1ccc(-c2cccc3sc4ccc(Nc5ccc6c(c5)C5(c7ccccc7O6)c6ccccc6-c6ccccc65)cc4c23)cc1. The van der Waals surface area contributed by atoms with Crippen molar-refractivity contribution in [3.63, 3.8) is 0 Å². The molecule has 0 atom stereocenters. The lowest BCUT2D eigenvalue weighted by atomic mass is 9.66. The fraction of sp³-hybridized carbons (Fsp3) is 0.0233. The molecule has 1 N–H and O–H groups in total. The zero-order chi connectivity index (χ0) is 30.2. The Morgan fingerprint density at radius 2 is 1.09 bits per heavy atom. The molecule has 2 aliphatic rings. The summed E-state index contributed by atoms with van der Waals surface area (Å²) in [6.07, 6.45) is 0. The minimum absolute atomic E-state index is 0.479. The molecule has 216 valence electrons. The van der Waals surface area contributed by atoms with E-state index >= 15 is 0 Å². The fourth-order valence-corrected chi connectivity index (χ4v) is 8.98. The molecular formula is C43H27NOS. The van der Waals surface area contributed by atoms with E-state index < -0.39 is 5.41 Å². The summed E-state index contributed by atoms with van der Waals surface area (Å²) in [5.41, 5.74) is 11.6. The fourth-order valence-electron chi connectivity index (χ4n) is 7.86. The van der Waals surface area contributed by atoms with Crippen LogP contribution in [0.5, 0.6) is 11.5 Å². The van der Waals surface area contributed by atoms with Crippen LogP contribution in [0.25, 0.3) is 42.4 Å². The van der Waals surface area contributed by atoms with Crippen LogP contribution in [-0.4, -0.2) is 0 Å². The second-order valence-corrected chi connectivity index (χ2v) is 13.2. The Hall–Kier alpha value is -5.64. The van der Waals surface area contributed by atoms with Gasteiger partial charge in [0.25, 0.3) is 0 Å². The lowest BCUT2D eigenvalue weighted by Gasteiger charge is -2.39. The van der Waals surface area contributed by atoms with Gasteiger partial charge < -0.3 is 10.1 Å². The van der Waals surface area contributed by atoms with Crippen molar-refractivity contribution in [2.45, 2.75) is 5.41 Å². The monoisotopic (exact) mass is 605 g/mol. The summed E-state index contributed by atoms with van der Waals surface area (Å²) in [5, 5.41) is 6.37. The van der Waals surface area contributed by atoms with E-state index in [1.807, 2.05) is 11.3 Å². The molecule has 46 heavy (non-hydrogen) atoms. The third-order valence-electron chi connectivity index (χ3n) is 9.72. The van der Waals surface area contributed by atoms with Gasteiger partial charge in [0.1, 0.15) is 11.5 Å². The highest BCUT2D eigenvalue weighted by Crippen LogP contribution is 2.62. The van der Waals surface area contributed by atoms with E-state index in [0.29, 0.717) is 0 Å². The highest BCUT2D eigenvalue weighted by molar-refractivity contribution is 7.26. The average Bonchev–Trinajstić information content (AvgIpc) is 3.63. The Morgan fingerprint density at radius 3 is 1.89 bits per heavy atom. The van der Waals surface area contributed by atoms with Crippen molar-refractivity contribution in [3.05, 3.63) is 180 Å². The van der Waals surface area contributed by atoms with Crippen LogP contribution in [0.15, 0.2) is 158 Å². The van der Waals surface area contributed by atoms with Crippen molar-refractivity contribution in [1.82, 2.24) is 0 Å². The third-order valence-corrected chi connectivity index (χ3v) is 10.9. The summed E-state index contributed by atoms with van der Waals surface area (Å²) in [6, 6.07) is 56.9. The van der Waals surface area contributed by atoms with Gasteiger partial charge in [-0.15, -0.1) is 11.3 Å². The summed E-state index contributed by atoms with van der Waals surface area (Å²) in [7, 11) is 0. The standard InChI is InChI=1S/C43H27NOS/c1-2-11-27(12-3-1)30-15-10-20-41-42(30)33-25-28(22-24-40(33)46-41)44-29-21-23-39-37(26-29)43(36-18-8-9-19-38(36)45-39)34-16-6-4-13-31(34)32-14-5-7-17-35(32)43/h1-26,44H. The van der Waals surface area contributed by atoms with Crippen LogP contribution in [0.1, 0.15) is 22.3 Å². The van der Waals surface area contributed by atoms with E-state index in [4.69, 9.17) is 4.74 Å². The largest absolute Gasteiger partial charge is 0.457 e. The number of rotatable bonds is 3. The molecule has 0 unspecified atom stereocenters. The number of benzene rings is 7. The van der Waals surface area contributed by atoms with Crippen molar-refractivity contribution in [2.75, 3.05) is 5.32 Å². The van der Waals surface area contributed by atoms with Crippen LogP contribution < -0.4 is 10.1 Å². The van der Waals surface area contributed by atoms with E-state index in [1.54, 1.807) is 0 Å². The van der Waals surface area contributed by atoms with Crippen molar-refractivity contribution >= 4 is 42.9 Å². The lowest BCUT2D eigenvalue weighted by molar-refractivity contribution is 0.436. The summed E-state index contributed by atoms with van der Waals surface area (Å²) >= 11 is 1.85. The normalized spacial score (nSPS) is 13.6. The summed E-state index contributed by atoms with van der Waals surface area (Å²) in [5.74, 6) is 1.80. The number of hydrogen-bond donors (Lipinski definition) is 1. The van der Waals surface area contributed by atoms with Gasteiger partial charge in [0.2, 0.25) is 0 Å². The number of anilines is 2. The van der Waals surface area contributed by atoms with Crippen LogP contribution in [0.4, 0.5) is 11.4 Å². The number of fused-ring (bicyclic) bond motifs is 12. The number of para-hydroxylation sites is 1. The molecule has 8 aromatic rings. The lowest BCUT2D eigenvalue weighted by Crippen LogP contribution is -2.32. The Balaban J connectivity index is 1.15. The molecule has 0 fully saturated rings. The van der Waals surface area contributed by atoms with Gasteiger partial charge in [-0.3, -0.25) is 0 Å². The molecule has 7 aromatic carbocycles. The first-order valence-electron chi connectivity index (χ1n) is 15.7. The third kappa shape index (κ3) is 3.52. The van der Waals surface area contributed by atoms with Gasteiger partial charge in [-0.25, -0.2) is 0 Å². The zero-order valence-corrected chi connectivity index (χ0v) is 25.6. The Labute approximate surface area is 271 Å². The molecule has 0 amide bonds. The molecule has 1 aromatic heterocycles. The van der Waals surface area contributed by atoms with E-state index in [1.165, 1.54) is 59.1 Å². The molecular weight excluding hydrogens is 579 g/mol. The van der Waals surface area contributed by atoms with Gasteiger partial charge in [0, 0.05) is 42.7 Å². The minimum atomic E-state index is -0.479. The number of ether oxygens (including phenoxy) is 1. The van der Waals surface area contributed by atoms with Crippen LogP contribution in [0, 0.1) is 0 Å². The number of nitrogens with one attached hydrogen (secondary N) is 1. The summed E-state index contributed by atoms with van der Waals surface area (Å²) < 4.78 is 9.22. The Bertz CT molecular complexity index is 2450. The molecule has 0 bridgehead atoms. The zero-order valence-electron chi connectivity index (χ0n) is 24.8. The topological polar surface area (TPSA) is 21.3 Å². The van der Waals surface area contributed by atoms with Crippen molar-refractivity contribution in [2.24, 2.45) is 0 Å². The van der Waals surface area contributed by atoms with Gasteiger partial charge in [0.05, 0.1) is 5.41 Å². The van der Waals surface area contributed by atoms with Crippen molar-refractivity contribution in [3.8, 4) is 33.8 Å². The Morgan fingerprint density at radius 1 is 0.457 bits per heavy atom. The molecule has 1 spiro atoms. The van der Waals surface area contributed by atoms with E-state index in [-0.39, 0.29) is 0 Å². The quantitative estimate of drug-likeness (QED) is 0.216. The molecule has 10 rings (SSSR count). The maximum atomic E-state index is 6.62. The van der Waals surface area contributed by atoms with E-state index in [9.17, 15) is 0 Å². The van der Waals surface area contributed by atoms with E-state index in [2.05, 4.69) is 163 Å². The average molecular weight is 606 g/mol. The number of hydrogen-bond acceptors (Lipinski definition) is 3. The van der Waals surface area contributed by atoms with Gasteiger partial charge in [-0.2, -0.15) is 0 Å². The maximum absolute atomic E-state index is 6.62. The first-order chi connectivity index (χ1) is 22.8. The van der Waals surface area contributed by atoms with Gasteiger partial charge >= 0.3 is 0 Å². The van der Waals surface area contributed by atoms with Crippen LogP contribution in [0.3, 0.4) is 0 Å². The predicted octanol–water partition coefficient (Wildman–Crippen LogP) is 11.9. The highest BCUT2D eigenvalue weighted by atomic mass is 32.1. The molecule has 1 aliphatic carbocycles. The summed E-state index contributed by atoms with van der Waals surface area (Å²) in [4.78, 5) is 0. The predicted molar refractivity (Wildman–Crippen MR) is 192 cm³/mol. The molecule has 0 radical (unpaired) electrons. The molecule has 3 heteroatoms. The molecule has 0 saturated carbocycles. The van der Waals surface area contributed by atoms with Crippen LogP contribution >= 0.6 is 11.3 Å². The second kappa shape index (κ2) is 9.68. The number of thiophene rings is 1. The molecule has 2 heterocycles. The van der Waals surface area contributed by atoms with Gasteiger partial charge in [-0.05, 0) is 81.9 Å². The molecule has 2 nitrogen and oxygen atoms in total. The second-order valence-electron chi connectivity index (χ2n) is 12.1. The van der Waals surface area contributed by atoms with Gasteiger partial charge in [0.15, 0.2) is 0 Å². The smallest absolute Gasteiger partial charge is 0.132 e. The van der Waals surface area contributed by atoms with Crippen molar-refractivity contribution < 1.29 is 4.74 Å². The van der Waals surface area contributed by atoms with Crippen molar-refractivity contribution in [1.29, 1.82) is 0 Å². The van der Waals surface area contributed by atoms with Crippen LogP contribution in [0.2, 0.25) is 0 Å². The first-order valence-corrected chi connectivity index (χ1v) is 16.5.